The Hall–Kier alpha value is -0.930. The average Bonchev–Trinajstić information content (AvgIpc) is 2.48. The molecule has 0 amide bonds. The van der Waals surface area contributed by atoms with Crippen LogP contribution in [0.4, 0.5) is 0 Å². The molecular weight excluding hydrogens is 274 g/mol. The van der Waals surface area contributed by atoms with E-state index in [1.165, 1.54) is 0 Å². The van der Waals surface area contributed by atoms with E-state index in [0.717, 1.165) is 43.0 Å². The number of halogens is 1. The molecule has 0 saturated carbocycles. The minimum absolute atomic E-state index is 0.185. The summed E-state index contributed by atoms with van der Waals surface area (Å²) >= 11 is 6.41. The molecule has 20 heavy (non-hydrogen) atoms. The molecule has 1 unspecified atom stereocenters. The number of alkyl halides is 1. The van der Waals surface area contributed by atoms with E-state index >= 15 is 0 Å². The second-order valence-electron chi connectivity index (χ2n) is 4.91. The van der Waals surface area contributed by atoms with Crippen molar-refractivity contribution in [3.05, 3.63) is 23.8 Å². The van der Waals surface area contributed by atoms with Crippen LogP contribution < -0.4 is 14.8 Å². The van der Waals surface area contributed by atoms with Crippen LogP contribution >= 0.6 is 11.6 Å². The highest BCUT2D eigenvalue weighted by Gasteiger charge is 2.15. The summed E-state index contributed by atoms with van der Waals surface area (Å²) in [6.45, 7) is 5.99. The van der Waals surface area contributed by atoms with E-state index in [2.05, 4.69) is 19.2 Å². The Morgan fingerprint density at radius 3 is 2.30 bits per heavy atom. The molecule has 4 heteroatoms. The normalized spacial score (nSPS) is 12.5. The number of hydrogen-bond acceptors (Lipinski definition) is 3. The largest absolute Gasteiger partial charge is 0.493 e. The molecule has 1 rings (SSSR count). The van der Waals surface area contributed by atoms with Crippen molar-refractivity contribution in [3.8, 4) is 11.5 Å². The zero-order valence-corrected chi connectivity index (χ0v) is 13.7. The molecule has 0 heterocycles. The maximum Gasteiger partial charge on any atom is 0.161 e. The Bertz CT molecular complexity index is 394. The van der Waals surface area contributed by atoms with Crippen LogP contribution in [0.5, 0.6) is 11.5 Å². The van der Waals surface area contributed by atoms with Crippen molar-refractivity contribution in [1.29, 1.82) is 0 Å². The fourth-order valence-corrected chi connectivity index (χ4v) is 2.78. The first-order chi connectivity index (χ1) is 9.65. The van der Waals surface area contributed by atoms with E-state index in [1.54, 1.807) is 14.2 Å². The molecule has 1 N–H and O–H groups in total. The second kappa shape index (κ2) is 9.09. The van der Waals surface area contributed by atoms with Crippen LogP contribution in [-0.2, 0) is 6.54 Å². The summed E-state index contributed by atoms with van der Waals surface area (Å²) in [6.07, 6.45) is 2.26. The van der Waals surface area contributed by atoms with Gasteiger partial charge in [0.15, 0.2) is 11.5 Å². The first-order valence-electron chi connectivity index (χ1n) is 7.21. The van der Waals surface area contributed by atoms with Gasteiger partial charge in [0.05, 0.1) is 14.2 Å². The lowest BCUT2D eigenvalue weighted by Gasteiger charge is -2.19. The number of benzene rings is 1. The first-order valence-corrected chi connectivity index (χ1v) is 7.65. The predicted octanol–water partition coefficient (Wildman–Crippen LogP) is 3.84. The highest BCUT2D eigenvalue weighted by Crippen LogP contribution is 2.27. The molecular formula is C16H26ClNO2. The molecule has 0 aromatic heterocycles. The van der Waals surface area contributed by atoms with Gasteiger partial charge in [-0.1, -0.05) is 32.8 Å². The van der Waals surface area contributed by atoms with Gasteiger partial charge in [-0.25, -0.2) is 0 Å². The molecule has 3 nitrogen and oxygen atoms in total. The third-order valence-electron chi connectivity index (χ3n) is 3.68. The van der Waals surface area contributed by atoms with Crippen LogP contribution in [0.15, 0.2) is 18.2 Å². The standard InChI is InChI=1S/C16H26ClNO2/c1-5-13(6-2)14(17)11-18-10-12-7-8-15(19-3)16(9-12)20-4/h7-9,13-14,18H,5-6,10-11H2,1-4H3. The van der Waals surface area contributed by atoms with Gasteiger partial charge in [0.2, 0.25) is 0 Å². The summed E-state index contributed by atoms with van der Waals surface area (Å²) in [5.74, 6) is 2.09. The lowest BCUT2D eigenvalue weighted by molar-refractivity contribution is 0.354. The van der Waals surface area contributed by atoms with Gasteiger partial charge in [0.1, 0.15) is 0 Å². The molecule has 0 aliphatic rings. The molecule has 0 fully saturated rings. The Kier molecular flexibility index (Phi) is 7.78. The lowest BCUT2D eigenvalue weighted by Crippen LogP contribution is -2.28. The number of rotatable bonds is 9. The fourth-order valence-electron chi connectivity index (χ4n) is 2.31. The molecule has 0 saturated heterocycles. The predicted molar refractivity (Wildman–Crippen MR) is 85.0 cm³/mol. The molecule has 1 atom stereocenters. The SMILES string of the molecule is CCC(CC)C(Cl)CNCc1ccc(OC)c(OC)c1. The Morgan fingerprint density at radius 1 is 1.10 bits per heavy atom. The quantitative estimate of drug-likeness (QED) is 0.703. The number of methoxy groups -OCH3 is 2. The molecule has 1 aromatic rings. The minimum Gasteiger partial charge on any atom is -0.493 e. The monoisotopic (exact) mass is 299 g/mol. The smallest absolute Gasteiger partial charge is 0.161 e. The molecule has 1 aromatic carbocycles. The van der Waals surface area contributed by atoms with Crippen LogP contribution in [0, 0.1) is 5.92 Å². The third-order valence-corrected chi connectivity index (χ3v) is 4.19. The van der Waals surface area contributed by atoms with Gasteiger partial charge in [0.25, 0.3) is 0 Å². The van der Waals surface area contributed by atoms with Gasteiger partial charge in [-0.2, -0.15) is 0 Å². The van der Waals surface area contributed by atoms with Crippen LogP contribution in [0.3, 0.4) is 0 Å². The van der Waals surface area contributed by atoms with Crippen molar-refractivity contribution >= 4 is 11.6 Å². The number of ether oxygens (including phenoxy) is 2. The zero-order valence-electron chi connectivity index (χ0n) is 12.9. The molecule has 0 spiro atoms. The maximum atomic E-state index is 6.41. The van der Waals surface area contributed by atoms with Gasteiger partial charge in [-0.15, -0.1) is 11.6 Å². The lowest BCUT2D eigenvalue weighted by atomic mass is 9.99. The Balaban J connectivity index is 2.50. The molecule has 0 aliphatic heterocycles. The second-order valence-corrected chi connectivity index (χ2v) is 5.47. The summed E-state index contributed by atoms with van der Waals surface area (Å²) in [4.78, 5) is 0. The highest BCUT2D eigenvalue weighted by molar-refractivity contribution is 6.21. The van der Waals surface area contributed by atoms with Crippen LogP contribution in [-0.4, -0.2) is 26.1 Å². The Labute approximate surface area is 127 Å². The van der Waals surface area contributed by atoms with Gasteiger partial charge in [-0.05, 0) is 23.6 Å². The van der Waals surface area contributed by atoms with Crippen LogP contribution in [0.25, 0.3) is 0 Å². The summed E-state index contributed by atoms with van der Waals surface area (Å²) in [5.41, 5.74) is 1.16. The van der Waals surface area contributed by atoms with Crippen LogP contribution in [0.1, 0.15) is 32.3 Å². The number of hydrogen-bond donors (Lipinski definition) is 1. The van der Waals surface area contributed by atoms with Crippen molar-refractivity contribution in [1.82, 2.24) is 5.32 Å². The van der Waals surface area contributed by atoms with Crippen molar-refractivity contribution in [2.45, 2.75) is 38.6 Å². The van der Waals surface area contributed by atoms with Gasteiger partial charge >= 0.3 is 0 Å². The minimum atomic E-state index is 0.185. The van der Waals surface area contributed by atoms with Crippen molar-refractivity contribution in [2.75, 3.05) is 20.8 Å². The molecule has 0 bridgehead atoms. The molecule has 0 radical (unpaired) electrons. The average molecular weight is 300 g/mol. The van der Waals surface area contributed by atoms with E-state index in [9.17, 15) is 0 Å². The van der Waals surface area contributed by atoms with Crippen LogP contribution in [0.2, 0.25) is 0 Å². The van der Waals surface area contributed by atoms with E-state index in [1.807, 2.05) is 18.2 Å². The van der Waals surface area contributed by atoms with Gasteiger partial charge < -0.3 is 14.8 Å². The van der Waals surface area contributed by atoms with Gasteiger partial charge in [0, 0.05) is 18.5 Å². The zero-order chi connectivity index (χ0) is 15.0. The van der Waals surface area contributed by atoms with Crippen molar-refractivity contribution < 1.29 is 9.47 Å². The summed E-state index contributed by atoms with van der Waals surface area (Å²) < 4.78 is 10.5. The van der Waals surface area contributed by atoms with E-state index < -0.39 is 0 Å². The molecule has 114 valence electrons. The topological polar surface area (TPSA) is 30.5 Å². The molecule has 0 aliphatic carbocycles. The Morgan fingerprint density at radius 2 is 1.75 bits per heavy atom. The third kappa shape index (κ3) is 4.88. The van der Waals surface area contributed by atoms with Crippen molar-refractivity contribution in [2.24, 2.45) is 5.92 Å². The van der Waals surface area contributed by atoms with Crippen molar-refractivity contribution in [3.63, 3.8) is 0 Å². The summed E-state index contributed by atoms with van der Waals surface area (Å²) in [7, 11) is 3.29. The van der Waals surface area contributed by atoms with E-state index in [-0.39, 0.29) is 5.38 Å². The van der Waals surface area contributed by atoms with E-state index in [0.29, 0.717) is 5.92 Å². The highest BCUT2D eigenvalue weighted by atomic mass is 35.5. The summed E-state index contributed by atoms with van der Waals surface area (Å²) in [5, 5.41) is 3.60. The maximum absolute atomic E-state index is 6.41. The summed E-state index contributed by atoms with van der Waals surface area (Å²) in [6, 6.07) is 5.95. The van der Waals surface area contributed by atoms with Gasteiger partial charge in [-0.3, -0.25) is 0 Å². The van der Waals surface area contributed by atoms with E-state index in [4.69, 9.17) is 21.1 Å². The number of nitrogens with one attached hydrogen (secondary N) is 1. The first kappa shape index (κ1) is 17.1. The fraction of sp³-hybridized carbons (Fsp3) is 0.625.